The Kier molecular flexibility index (Phi) is 7.30. The van der Waals surface area contributed by atoms with Gasteiger partial charge in [-0.2, -0.15) is 0 Å². The van der Waals surface area contributed by atoms with E-state index in [1.54, 1.807) is 0 Å². The molecule has 1 atom stereocenters. The highest BCUT2D eigenvalue weighted by atomic mass is 32.2. The van der Waals surface area contributed by atoms with Crippen LogP contribution in [0.3, 0.4) is 0 Å². The van der Waals surface area contributed by atoms with Gasteiger partial charge >= 0.3 is 0 Å². The van der Waals surface area contributed by atoms with Crippen molar-refractivity contribution in [3.8, 4) is 0 Å². The van der Waals surface area contributed by atoms with E-state index >= 15 is 0 Å². The predicted octanol–water partition coefficient (Wildman–Crippen LogP) is 4.27. The Hall–Kier alpha value is -2.48. The van der Waals surface area contributed by atoms with Gasteiger partial charge in [0, 0.05) is 19.0 Å². The van der Waals surface area contributed by atoms with Crippen LogP contribution in [0.5, 0.6) is 0 Å². The molecule has 0 radical (unpaired) electrons. The van der Waals surface area contributed by atoms with E-state index in [4.69, 9.17) is 0 Å². The largest absolute Gasteiger partial charge is 0.350 e. The van der Waals surface area contributed by atoms with E-state index in [0.29, 0.717) is 0 Å². The fourth-order valence-electron chi connectivity index (χ4n) is 3.93. The van der Waals surface area contributed by atoms with Gasteiger partial charge in [-0.25, -0.2) is 17.2 Å². The molecule has 1 N–H and O–H groups in total. The summed E-state index contributed by atoms with van der Waals surface area (Å²) < 4.78 is 51.9. The summed E-state index contributed by atoms with van der Waals surface area (Å²) in [4.78, 5) is 12.4. The van der Waals surface area contributed by atoms with E-state index in [1.165, 1.54) is 30.0 Å². The van der Waals surface area contributed by atoms with E-state index < -0.39 is 21.7 Å². The van der Waals surface area contributed by atoms with Crippen LogP contribution in [-0.2, 0) is 27.7 Å². The third-order valence-corrected chi connectivity index (χ3v) is 6.80. The molecule has 0 saturated heterocycles. The van der Waals surface area contributed by atoms with Crippen LogP contribution in [-0.4, -0.2) is 27.1 Å². The summed E-state index contributed by atoms with van der Waals surface area (Å²) in [5.41, 5.74) is 3.81. The molecule has 2 aromatic rings. The zero-order chi connectivity index (χ0) is 22.6. The number of aryl methyl sites for hydroxylation is 2. The number of hydrogen-bond donors (Lipinski definition) is 1. The summed E-state index contributed by atoms with van der Waals surface area (Å²) in [6.07, 6.45) is 5.92. The number of benzene rings is 2. The zero-order valence-corrected chi connectivity index (χ0v) is 18.6. The molecule has 0 fully saturated rings. The van der Waals surface area contributed by atoms with E-state index in [2.05, 4.69) is 17.4 Å². The number of sulfonamides is 1. The van der Waals surface area contributed by atoms with Gasteiger partial charge in [0.1, 0.15) is 0 Å². The van der Waals surface area contributed by atoms with Crippen molar-refractivity contribution in [2.45, 2.75) is 51.5 Å². The maximum Gasteiger partial charge on any atom is 0.232 e. The van der Waals surface area contributed by atoms with Crippen LogP contribution in [0, 0.1) is 11.6 Å². The van der Waals surface area contributed by atoms with Crippen molar-refractivity contribution in [3.63, 3.8) is 0 Å². The summed E-state index contributed by atoms with van der Waals surface area (Å²) in [7, 11) is -3.71. The number of anilines is 1. The molecule has 0 spiro atoms. The van der Waals surface area contributed by atoms with Gasteiger partial charge in [0.15, 0.2) is 11.6 Å². The van der Waals surface area contributed by atoms with Gasteiger partial charge in [0.2, 0.25) is 15.9 Å². The van der Waals surface area contributed by atoms with Crippen molar-refractivity contribution < 1.29 is 22.0 Å². The first-order valence-electron chi connectivity index (χ1n) is 10.5. The van der Waals surface area contributed by atoms with Crippen molar-refractivity contribution in [3.05, 3.63) is 64.7 Å². The highest BCUT2D eigenvalue weighted by Gasteiger charge is 2.20. The zero-order valence-electron chi connectivity index (χ0n) is 17.8. The summed E-state index contributed by atoms with van der Waals surface area (Å²) >= 11 is 0. The minimum Gasteiger partial charge on any atom is -0.350 e. The highest BCUT2D eigenvalue weighted by molar-refractivity contribution is 7.92. The fraction of sp³-hybridized carbons (Fsp3) is 0.435. The Morgan fingerprint density at radius 3 is 2.45 bits per heavy atom. The third-order valence-electron chi connectivity index (χ3n) is 5.61. The number of nitrogens with zero attached hydrogens (tertiary/aromatic N) is 1. The van der Waals surface area contributed by atoms with Gasteiger partial charge < -0.3 is 5.32 Å². The van der Waals surface area contributed by atoms with Crippen LogP contribution < -0.4 is 9.62 Å². The molecule has 3 rings (SSSR count). The lowest BCUT2D eigenvalue weighted by Crippen LogP contribution is -2.32. The maximum absolute atomic E-state index is 13.5. The monoisotopic (exact) mass is 450 g/mol. The minimum atomic E-state index is -3.71. The second-order valence-electron chi connectivity index (χ2n) is 8.06. The lowest BCUT2D eigenvalue weighted by molar-refractivity contribution is -0.121. The smallest absolute Gasteiger partial charge is 0.232 e. The average Bonchev–Trinajstić information content (AvgIpc) is 2.72. The van der Waals surface area contributed by atoms with E-state index in [0.717, 1.165) is 41.1 Å². The number of amides is 1. The number of rotatable bonds is 8. The molecule has 168 valence electrons. The summed E-state index contributed by atoms with van der Waals surface area (Å²) in [5.74, 6) is -2.36. The van der Waals surface area contributed by atoms with Crippen LogP contribution in [0.2, 0.25) is 0 Å². The second-order valence-corrected chi connectivity index (χ2v) is 9.97. The molecule has 31 heavy (non-hydrogen) atoms. The van der Waals surface area contributed by atoms with E-state index in [-0.39, 0.29) is 37.0 Å². The number of carbonyl (C=O) groups excluding carboxylic acids is 1. The van der Waals surface area contributed by atoms with Crippen LogP contribution in [0.15, 0.2) is 36.4 Å². The average molecular weight is 451 g/mol. The second kappa shape index (κ2) is 9.77. The van der Waals surface area contributed by atoms with Crippen molar-refractivity contribution in [1.29, 1.82) is 0 Å². The highest BCUT2D eigenvalue weighted by Crippen LogP contribution is 2.25. The molecule has 0 unspecified atom stereocenters. The standard InChI is InChI=1S/C23H28F2N2O3S/c1-16(18-10-9-17-6-3-4-7-19(17)14-18)26-23(28)8-5-13-27(31(2,29)30)20-11-12-21(24)22(25)15-20/h9-12,14-16H,3-8,13H2,1-2H3,(H,26,28)/t16-/m1/s1. The maximum atomic E-state index is 13.5. The number of hydrogen-bond acceptors (Lipinski definition) is 3. The number of nitrogens with one attached hydrogen (secondary N) is 1. The summed E-state index contributed by atoms with van der Waals surface area (Å²) in [5, 5.41) is 2.96. The van der Waals surface area contributed by atoms with Gasteiger partial charge in [0.25, 0.3) is 0 Å². The molecular weight excluding hydrogens is 422 g/mol. The Labute approximate surface area is 182 Å². The van der Waals surface area contributed by atoms with Gasteiger partial charge in [-0.15, -0.1) is 0 Å². The molecule has 5 nitrogen and oxygen atoms in total. The molecule has 0 bridgehead atoms. The number of carbonyl (C=O) groups is 1. The van der Waals surface area contributed by atoms with Crippen molar-refractivity contribution >= 4 is 21.6 Å². The normalized spacial score (nSPS) is 14.6. The Bertz CT molecular complexity index is 1060. The molecule has 2 aromatic carbocycles. The van der Waals surface area contributed by atoms with Gasteiger partial charge in [0.05, 0.1) is 18.0 Å². The van der Waals surface area contributed by atoms with Crippen molar-refractivity contribution in [2.75, 3.05) is 17.1 Å². The first kappa shape index (κ1) is 23.2. The Morgan fingerprint density at radius 1 is 1.06 bits per heavy atom. The lowest BCUT2D eigenvalue weighted by Gasteiger charge is -2.23. The molecule has 0 heterocycles. The Balaban J connectivity index is 1.57. The predicted molar refractivity (Wildman–Crippen MR) is 117 cm³/mol. The minimum absolute atomic E-state index is 0.00937. The Morgan fingerprint density at radius 2 is 1.77 bits per heavy atom. The molecule has 8 heteroatoms. The number of halogens is 2. The topological polar surface area (TPSA) is 66.5 Å². The van der Waals surface area contributed by atoms with E-state index in [1.807, 2.05) is 13.0 Å². The summed E-state index contributed by atoms with van der Waals surface area (Å²) in [6, 6.07) is 9.12. The first-order valence-corrected chi connectivity index (χ1v) is 12.3. The van der Waals surface area contributed by atoms with Crippen molar-refractivity contribution in [2.24, 2.45) is 0 Å². The van der Waals surface area contributed by atoms with Gasteiger partial charge in [-0.3, -0.25) is 9.10 Å². The molecule has 0 saturated carbocycles. The first-order chi connectivity index (χ1) is 14.6. The quantitative estimate of drug-likeness (QED) is 0.653. The van der Waals surface area contributed by atoms with Gasteiger partial charge in [-0.05, 0) is 67.9 Å². The molecule has 1 aliphatic rings. The SMILES string of the molecule is C[C@@H](NC(=O)CCCN(c1ccc(F)c(F)c1)S(C)(=O)=O)c1ccc2c(c1)CCCC2. The molecule has 0 aliphatic heterocycles. The van der Waals surface area contributed by atoms with Crippen molar-refractivity contribution in [1.82, 2.24) is 5.32 Å². The molecule has 1 amide bonds. The van der Waals surface area contributed by atoms with Crippen LogP contribution in [0.25, 0.3) is 0 Å². The lowest BCUT2D eigenvalue weighted by atomic mass is 9.89. The molecule has 1 aliphatic carbocycles. The molecule has 0 aromatic heterocycles. The van der Waals surface area contributed by atoms with Crippen LogP contribution in [0.1, 0.15) is 55.3 Å². The number of fused-ring (bicyclic) bond motifs is 1. The fourth-order valence-corrected chi connectivity index (χ4v) is 4.89. The van der Waals surface area contributed by atoms with Gasteiger partial charge in [-0.1, -0.05) is 18.2 Å². The molecular formula is C23H28F2N2O3S. The third kappa shape index (κ3) is 6.03. The van der Waals surface area contributed by atoms with Crippen LogP contribution in [0.4, 0.5) is 14.5 Å². The van der Waals surface area contributed by atoms with E-state index in [9.17, 15) is 22.0 Å². The summed E-state index contributed by atoms with van der Waals surface area (Å²) in [6.45, 7) is 1.91. The van der Waals surface area contributed by atoms with Crippen LogP contribution >= 0.6 is 0 Å².